The number of ether oxygens (including phenoxy) is 1. The Morgan fingerprint density at radius 1 is 1.44 bits per heavy atom. The van der Waals surface area contributed by atoms with E-state index in [4.69, 9.17) is 0 Å². The number of pyridine rings is 1. The van der Waals surface area contributed by atoms with Gasteiger partial charge in [0.05, 0.1) is 19.0 Å². The molecule has 0 saturated carbocycles. The largest absolute Gasteiger partial charge is 0.469 e. The fourth-order valence-corrected chi connectivity index (χ4v) is 2.07. The van der Waals surface area contributed by atoms with E-state index in [1.807, 2.05) is 24.3 Å². The maximum absolute atomic E-state index is 11.3. The second kappa shape index (κ2) is 4.61. The molecular weight excluding hydrogens is 270 g/mol. The van der Waals surface area contributed by atoms with E-state index in [-0.39, 0.29) is 12.4 Å². The van der Waals surface area contributed by atoms with Gasteiger partial charge in [-0.1, -0.05) is 22.0 Å². The average molecular weight is 280 g/mol. The molecule has 4 heteroatoms. The first-order chi connectivity index (χ1) is 7.72. The van der Waals surface area contributed by atoms with Gasteiger partial charge in [-0.05, 0) is 23.8 Å². The molecule has 0 amide bonds. The van der Waals surface area contributed by atoms with Crippen molar-refractivity contribution >= 4 is 32.8 Å². The van der Waals surface area contributed by atoms with Gasteiger partial charge in [-0.2, -0.15) is 0 Å². The van der Waals surface area contributed by atoms with Crippen molar-refractivity contribution < 1.29 is 9.53 Å². The number of esters is 1. The predicted molar refractivity (Wildman–Crippen MR) is 65.2 cm³/mol. The second-order valence-electron chi connectivity index (χ2n) is 3.35. The van der Waals surface area contributed by atoms with E-state index >= 15 is 0 Å². The Kier molecular flexibility index (Phi) is 3.19. The number of aromatic nitrogens is 1. The molecule has 1 heterocycles. The van der Waals surface area contributed by atoms with Crippen LogP contribution in [0.25, 0.3) is 10.9 Å². The van der Waals surface area contributed by atoms with Crippen LogP contribution in [0.5, 0.6) is 0 Å². The van der Waals surface area contributed by atoms with Gasteiger partial charge in [0.2, 0.25) is 0 Å². The normalized spacial score (nSPS) is 10.4. The molecule has 2 rings (SSSR count). The molecule has 0 bridgehead atoms. The number of rotatable bonds is 2. The standard InChI is InChI=1S/C12H10BrNO2/c1-16-12(15)7-9-8-3-2-6-14-11(8)5-4-10(9)13/h2-6H,7H2,1H3. The fourth-order valence-electron chi connectivity index (χ4n) is 1.58. The Balaban J connectivity index is 2.57. The fraction of sp³-hybridized carbons (Fsp3) is 0.167. The van der Waals surface area contributed by atoms with Crippen molar-refractivity contribution in [2.24, 2.45) is 0 Å². The lowest BCUT2D eigenvalue weighted by atomic mass is 10.1. The summed E-state index contributed by atoms with van der Waals surface area (Å²) in [5.41, 5.74) is 1.79. The van der Waals surface area contributed by atoms with Crippen LogP contribution in [0.2, 0.25) is 0 Å². The highest BCUT2D eigenvalue weighted by Gasteiger charge is 2.10. The highest BCUT2D eigenvalue weighted by Crippen LogP contribution is 2.25. The number of fused-ring (bicyclic) bond motifs is 1. The SMILES string of the molecule is COC(=O)Cc1c(Br)ccc2ncccc12. The van der Waals surface area contributed by atoms with Crippen molar-refractivity contribution in [3.8, 4) is 0 Å². The highest BCUT2D eigenvalue weighted by atomic mass is 79.9. The molecule has 0 atom stereocenters. The minimum absolute atomic E-state index is 0.250. The summed E-state index contributed by atoms with van der Waals surface area (Å²) in [4.78, 5) is 15.6. The van der Waals surface area contributed by atoms with Crippen LogP contribution in [0.4, 0.5) is 0 Å². The van der Waals surface area contributed by atoms with E-state index in [1.54, 1.807) is 6.20 Å². The zero-order valence-electron chi connectivity index (χ0n) is 8.74. The molecular formula is C12H10BrNO2. The third kappa shape index (κ3) is 2.07. The summed E-state index contributed by atoms with van der Waals surface area (Å²) in [7, 11) is 1.39. The molecule has 0 spiro atoms. The lowest BCUT2D eigenvalue weighted by Crippen LogP contribution is -2.05. The monoisotopic (exact) mass is 279 g/mol. The number of carbonyl (C=O) groups is 1. The quantitative estimate of drug-likeness (QED) is 0.794. The maximum atomic E-state index is 11.3. The topological polar surface area (TPSA) is 39.2 Å². The molecule has 1 aromatic heterocycles. The van der Waals surface area contributed by atoms with Gasteiger partial charge in [-0.3, -0.25) is 9.78 Å². The van der Waals surface area contributed by atoms with Crippen LogP contribution in [0.15, 0.2) is 34.9 Å². The minimum atomic E-state index is -0.253. The second-order valence-corrected chi connectivity index (χ2v) is 4.20. The molecule has 0 unspecified atom stereocenters. The van der Waals surface area contributed by atoms with E-state index in [2.05, 4.69) is 25.7 Å². The Hall–Kier alpha value is -1.42. The number of carbonyl (C=O) groups excluding carboxylic acids is 1. The van der Waals surface area contributed by atoms with E-state index in [9.17, 15) is 4.79 Å². The van der Waals surface area contributed by atoms with Gasteiger partial charge in [-0.25, -0.2) is 0 Å². The molecule has 82 valence electrons. The third-order valence-corrected chi connectivity index (χ3v) is 3.13. The van der Waals surface area contributed by atoms with Crippen LogP contribution in [-0.2, 0) is 16.0 Å². The van der Waals surface area contributed by atoms with E-state index < -0.39 is 0 Å². The van der Waals surface area contributed by atoms with Crippen molar-refractivity contribution in [3.63, 3.8) is 0 Å². The van der Waals surface area contributed by atoms with E-state index in [1.165, 1.54) is 7.11 Å². The Labute approximate surface area is 102 Å². The van der Waals surface area contributed by atoms with Crippen molar-refractivity contribution in [3.05, 3.63) is 40.5 Å². The van der Waals surface area contributed by atoms with Crippen LogP contribution in [-0.4, -0.2) is 18.1 Å². The summed E-state index contributed by atoms with van der Waals surface area (Å²) in [6, 6.07) is 7.62. The molecule has 3 nitrogen and oxygen atoms in total. The molecule has 16 heavy (non-hydrogen) atoms. The highest BCUT2D eigenvalue weighted by molar-refractivity contribution is 9.10. The van der Waals surface area contributed by atoms with Crippen LogP contribution in [0.1, 0.15) is 5.56 Å². The molecule has 0 saturated heterocycles. The van der Waals surface area contributed by atoms with Crippen molar-refractivity contribution in [2.45, 2.75) is 6.42 Å². The number of hydrogen-bond acceptors (Lipinski definition) is 3. The van der Waals surface area contributed by atoms with Gasteiger partial charge in [0, 0.05) is 16.1 Å². The number of nitrogens with zero attached hydrogens (tertiary/aromatic N) is 1. The van der Waals surface area contributed by atoms with Crippen LogP contribution in [0, 0.1) is 0 Å². The maximum Gasteiger partial charge on any atom is 0.310 e. The number of halogens is 1. The minimum Gasteiger partial charge on any atom is -0.469 e. The number of methoxy groups -OCH3 is 1. The molecule has 0 aliphatic carbocycles. The van der Waals surface area contributed by atoms with Gasteiger partial charge in [0.25, 0.3) is 0 Å². The molecule has 0 radical (unpaired) electrons. The first-order valence-corrected chi connectivity index (χ1v) is 5.60. The van der Waals surface area contributed by atoms with Gasteiger partial charge >= 0.3 is 5.97 Å². The average Bonchev–Trinajstić information content (AvgIpc) is 2.32. The Bertz CT molecular complexity index is 540. The lowest BCUT2D eigenvalue weighted by molar-refractivity contribution is -0.139. The third-order valence-electron chi connectivity index (χ3n) is 2.39. The zero-order valence-corrected chi connectivity index (χ0v) is 10.3. The van der Waals surface area contributed by atoms with Crippen LogP contribution >= 0.6 is 15.9 Å². The Morgan fingerprint density at radius 2 is 2.25 bits per heavy atom. The van der Waals surface area contributed by atoms with Gasteiger partial charge in [0.1, 0.15) is 0 Å². The van der Waals surface area contributed by atoms with Crippen LogP contribution < -0.4 is 0 Å². The number of benzene rings is 1. The summed E-state index contributed by atoms with van der Waals surface area (Å²) in [6.07, 6.45) is 1.98. The first-order valence-electron chi connectivity index (χ1n) is 4.81. The predicted octanol–water partition coefficient (Wildman–Crippen LogP) is 2.71. The molecule has 0 aliphatic rings. The van der Waals surface area contributed by atoms with Crippen molar-refractivity contribution in [1.82, 2.24) is 4.98 Å². The van der Waals surface area contributed by atoms with Gasteiger partial charge < -0.3 is 4.74 Å². The summed E-state index contributed by atoms with van der Waals surface area (Å²) in [5, 5.41) is 0.974. The number of hydrogen-bond donors (Lipinski definition) is 0. The smallest absolute Gasteiger partial charge is 0.310 e. The molecule has 0 aliphatic heterocycles. The Morgan fingerprint density at radius 3 is 3.00 bits per heavy atom. The summed E-state index contributed by atoms with van der Waals surface area (Å²) in [5.74, 6) is -0.253. The summed E-state index contributed by atoms with van der Waals surface area (Å²) < 4.78 is 5.58. The van der Waals surface area contributed by atoms with Crippen molar-refractivity contribution in [1.29, 1.82) is 0 Å². The van der Waals surface area contributed by atoms with Crippen LogP contribution in [0.3, 0.4) is 0 Å². The van der Waals surface area contributed by atoms with E-state index in [0.29, 0.717) is 0 Å². The molecule has 0 fully saturated rings. The molecule has 0 N–H and O–H groups in total. The van der Waals surface area contributed by atoms with Gasteiger partial charge in [0.15, 0.2) is 0 Å². The molecule has 2 aromatic rings. The van der Waals surface area contributed by atoms with Gasteiger partial charge in [-0.15, -0.1) is 0 Å². The summed E-state index contributed by atoms with van der Waals surface area (Å²) in [6.45, 7) is 0. The summed E-state index contributed by atoms with van der Waals surface area (Å²) >= 11 is 3.44. The van der Waals surface area contributed by atoms with Crippen molar-refractivity contribution in [2.75, 3.05) is 7.11 Å². The zero-order chi connectivity index (χ0) is 11.5. The van der Waals surface area contributed by atoms with E-state index in [0.717, 1.165) is 20.9 Å². The lowest BCUT2D eigenvalue weighted by Gasteiger charge is -2.07. The first kappa shape index (κ1) is 11.1. The molecule has 1 aromatic carbocycles.